The van der Waals surface area contributed by atoms with E-state index in [1.165, 1.54) is 0 Å². The van der Waals surface area contributed by atoms with Crippen LogP contribution in [0.3, 0.4) is 0 Å². The van der Waals surface area contributed by atoms with Crippen molar-refractivity contribution in [1.29, 1.82) is 0 Å². The van der Waals surface area contributed by atoms with Crippen LogP contribution in [0.4, 0.5) is 10.5 Å². The monoisotopic (exact) mass is 530 g/mol. The number of carbonyl (C=O) groups is 2. The van der Waals surface area contributed by atoms with Crippen molar-refractivity contribution >= 4 is 51.0 Å². The van der Waals surface area contributed by atoms with Crippen LogP contribution in [0.15, 0.2) is 52.5 Å². The van der Waals surface area contributed by atoms with Gasteiger partial charge < -0.3 is 25.2 Å². The van der Waals surface area contributed by atoms with Gasteiger partial charge in [-0.2, -0.15) is 11.8 Å². The molecule has 0 bridgehead atoms. The van der Waals surface area contributed by atoms with E-state index in [0.717, 1.165) is 44.9 Å². The summed E-state index contributed by atoms with van der Waals surface area (Å²) in [4.78, 5) is 29.8. The second-order valence-corrected chi connectivity index (χ2v) is 10.1. The predicted octanol–water partition coefficient (Wildman–Crippen LogP) is 3.86. The fourth-order valence-corrected chi connectivity index (χ4v) is 5.56. The lowest BCUT2D eigenvalue weighted by Gasteiger charge is -2.39. The summed E-state index contributed by atoms with van der Waals surface area (Å²) in [6.45, 7) is 1.33. The molecule has 9 heteroatoms. The first kappa shape index (κ1) is 23.7. The summed E-state index contributed by atoms with van der Waals surface area (Å²) in [5.41, 5.74) is 4.33. The number of urea groups is 1. The standard InChI is InChI=1S/C24H27BrN4O3S/c1-28(2)10-11-33-14-21(30)29-13-17-22(15-8-9-20(32-3)18(25)12-15)26-24(31)27-23(17)16-6-4-5-7-19(16)29/h4-9,12,22H,10-11,13-14H2,1-3H3,(H2,26,27,31). The number of anilines is 1. The predicted molar refractivity (Wildman–Crippen MR) is 137 cm³/mol. The fraction of sp³-hybridized carbons (Fsp3) is 0.333. The molecule has 2 heterocycles. The smallest absolute Gasteiger partial charge is 0.320 e. The molecular weight excluding hydrogens is 504 g/mol. The van der Waals surface area contributed by atoms with Gasteiger partial charge in [0.25, 0.3) is 0 Å². The summed E-state index contributed by atoms with van der Waals surface area (Å²) in [7, 11) is 5.67. The average Bonchev–Trinajstić information content (AvgIpc) is 2.80. The van der Waals surface area contributed by atoms with Gasteiger partial charge in [-0.1, -0.05) is 24.3 Å². The number of carbonyl (C=O) groups excluding carboxylic acids is 2. The largest absolute Gasteiger partial charge is 0.496 e. The number of halogens is 1. The average molecular weight is 531 g/mol. The number of fused-ring (bicyclic) bond motifs is 2. The maximum atomic E-state index is 13.3. The molecule has 4 rings (SSSR count). The molecule has 0 aromatic heterocycles. The summed E-state index contributed by atoms with van der Waals surface area (Å²) in [6.07, 6.45) is 0. The summed E-state index contributed by atoms with van der Waals surface area (Å²) < 4.78 is 6.16. The van der Waals surface area contributed by atoms with E-state index in [1.807, 2.05) is 61.5 Å². The third-order valence-corrected chi connectivity index (χ3v) is 7.24. The highest BCUT2D eigenvalue weighted by atomic mass is 79.9. The highest BCUT2D eigenvalue weighted by Gasteiger charge is 2.36. The van der Waals surface area contributed by atoms with Crippen molar-refractivity contribution in [3.8, 4) is 5.75 Å². The van der Waals surface area contributed by atoms with Crippen LogP contribution in [0, 0.1) is 0 Å². The van der Waals surface area contributed by atoms with Crippen molar-refractivity contribution in [1.82, 2.24) is 15.5 Å². The third-order valence-electron chi connectivity index (χ3n) is 5.69. The molecule has 0 saturated heterocycles. The Kier molecular flexibility index (Phi) is 7.31. The van der Waals surface area contributed by atoms with E-state index in [4.69, 9.17) is 4.74 Å². The minimum atomic E-state index is -0.360. The number of hydrogen-bond donors (Lipinski definition) is 2. The number of thioether (sulfide) groups is 1. The molecule has 2 N–H and O–H groups in total. The lowest BCUT2D eigenvalue weighted by atomic mass is 9.89. The summed E-state index contributed by atoms with van der Waals surface area (Å²) in [5, 5.41) is 6.01. The van der Waals surface area contributed by atoms with Crippen molar-refractivity contribution < 1.29 is 14.3 Å². The zero-order chi connectivity index (χ0) is 23.5. The first-order chi connectivity index (χ1) is 15.9. The van der Waals surface area contributed by atoms with Crippen LogP contribution in [0.2, 0.25) is 0 Å². The highest BCUT2D eigenvalue weighted by molar-refractivity contribution is 9.10. The molecule has 0 fully saturated rings. The molecule has 0 saturated carbocycles. The van der Waals surface area contributed by atoms with E-state index in [-0.39, 0.29) is 18.0 Å². The second kappa shape index (κ2) is 10.2. The van der Waals surface area contributed by atoms with Crippen LogP contribution in [0.5, 0.6) is 5.75 Å². The summed E-state index contributed by atoms with van der Waals surface area (Å²) in [6, 6.07) is 12.9. The maximum Gasteiger partial charge on any atom is 0.320 e. The Labute approximate surface area is 206 Å². The molecule has 2 aliphatic heterocycles. The lowest BCUT2D eigenvalue weighted by molar-refractivity contribution is -0.116. The van der Waals surface area contributed by atoms with Crippen molar-refractivity contribution in [2.24, 2.45) is 0 Å². The molecule has 2 aromatic carbocycles. The molecule has 0 radical (unpaired) electrons. The fourth-order valence-electron chi connectivity index (χ4n) is 4.03. The van der Waals surface area contributed by atoms with Crippen molar-refractivity contribution in [2.75, 3.05) is 50.7 Å². The normalized spacial score (nSPS) is 17.3. The van der Waals surface area contributed by atoms with Gasteiger partial charge in [0.15, 0.2) is 0 Å². The van der Waals surface area contributed by atoms with E-state index in [2.05, 4.69) is 31.5 Å². The van der Waals surface area contributed by atoms with E-state index in [0.29, 0.717) is 18.0 Å². The molecule has 2 aromatic rings. The zero-order valence-corrected chi connectivity index (χ0v) is 21.3. The Hall–Kier alpha value is -2.49. The molecular formula is C24H27BrN4O3S. The number of rotatable bonds is 7. The molecule has 174 valence electrons. The van der Waals surface area contributed by atoms with Gasteiger partial charge in [0.2, 0.25) is 5.91 Å². The minimum absolute atomic E-state index is 0.0596. The topological polar surface area (TPSA) is 73.9 Å². The van der Waals surface area contributed by atoms with Gasteiger partial charge in [0.05, 0.1) is 41.3 Å². The maximum absolute atomic E-state index is 13.3. The molecule has 2 aliphatic rings. The van der Waals surface area contributed by atoms with Gasteiger partial charge in [-0.3, -0.25) is 4.79 Å². The molecule has 7 nitrogen and oxygen atoms in total. The number of benzene rings is 2. The number of amides is 3. The highest BCUT2D eigenvalue weighted by Crippen LogP contribution is 2.41. The second-order valence-electron chi connectivity index (χ2n) is 8.18. The van der Waals surface area contributed by atoms with E-state index in [9.17, 15) is 9.59 Å². The van der Waals surface area contributed by atoms with Gasteiger partial charge in [0.1, 0.15) is 5.75 Å². The molecule has 1 atom stereocenters. The van der Waals surface area contributed by atoms with Crippen molar-refractivity contribution in [3.63, 3.8) is 0 Å². The third kappa shape index (κ3) is 5.05. The molecule has 33 heavy (non-hydrogen) atoms. The Balaban J connectivity index is 1.68. The molecule has 0 aliphatic carbocycles. The van der Waals surface area contributed by atoms with E-state index in [1.54, 1.807) is 18.9 Å². The quantitative estimate of drug-likeness (QED) is 0.531. The van der Waals surface area contributed by atoms with E-state index >= 15 is 0 Å². The van der Waals surface area contributed by atoms with Crippen LogP contribution in [0.25, 0.3) is 5.70 Å². The van der Waals surface area contributed by atoms with Crippen LogP contribution < -0.4 is 20.3 Å². The van der Waals surface area contributed by atoms with Crippen molar-refractivity contribution in [3.05, 3.63) is 63.6 Å². The number of nitrogens with one attached hydrogen (secondary N) is 2. The Morgan fingerprint density at radius 1 is 1.27 bits per heavy atom. The van der Waals surface area contributed by atoms with Crippen LogP contribution in [-0.2, 0) is 4.79 Å². The van der Waals surface area contributed by atoms with E-state index < -0.39 is 0 Å². The Morgan fingerprint density at radius 2 is 2.06 bits per heavy atom. The van der Waals surface area contributed by atoms with Crippen LogP contribution in [0.1, 0.15) is 17.2 Å². The number of para-hydroxylation sites is 1. The van der Waals surface area contributed by atoms with Crippen LogP contribution >= 0.6 is 27.7 Å². The van der Waals surface area contributed by atoms with Gasteiger partial charge in [-0.25, -0.2) is 4.79 Å². The SMILES string of the molecule is COc1ccc(C2NC(=O)NC3=C2CN(C(=O)CSCCN(C)C)c2ccccc23)cc1Br. The van der Waals surface area contributed by atoms with Crippen LogP contribution in [-0.4, -0.2) is 62.6 Å². The Morgan fingerprint density at radius 3 is 2.79 bits per heavy atom. The molecule has 1 unspecified atom stereocenters. The van der Waals surface area contributed by atoms with Gasteiger partial charge >= 0.3 is 6.03 Å². The first-order valence-corrected chi connectivity index (χ1v) is 12.6. The van der Waals surface area contributed by atoms with Gasteiger partial charge in [-0.05, 0) is 53.8 Å². The van der Waals surface area contributed by atoms with Crippen molar-refractivity contribution in [2.45, 2.75) is 6.04 Å². The summed E-state index contributed by atoms with van der Waals surface area (Å²) in [5.74, 6) is 2.07. The summed E-state index contributed by atoms with van der Waals surface area (Å²) >= 11 is 5.18. The number of ether oxygens (including phenoxy) is 1. The number of methoxy groups -OCH3 is 1. The number of hydrogen-bond acceptors (Lipinski definition) is 5. The van der Waals surface area contributed by atoms with Gasteiger partial charge in [-0.15, -0.1) is 0 Å². The Bertz CT molecular complexity index is 1100. The molecule has 3 amide bonds. The minimum Gasteiger partial charge on any atom is -0.496 e. The van der Waals surface area contributed by atoms with Gasteiger partial charge in [0, 0.05) is 23.4 Å². The molecule has 0 spiro atoms. The zero-order valence-electron chi connectivity index (χ0n) is 18.9. The first-order valence-electron chi connectivity index (χ1n) is 10.6. The lowest BCUT2D eigenvalue weighted by Crippen LogP contribution is -2.49. The number of nitrogens with zero attached hydrogens (tertiary/aromatic N) is 2.